The minimum absolute atomic E-state index is 0.0575. The normalized spacial score (nSPS) is 10.8. The van der Waals surface area contributed by atoms with Gasteiger partial charge in [0.1, 0.15) is 6.54 Å². The number of hydrogen-bond acceptors (Lipinski definition) is 4. The van der Waals surface area contributed by atoms with Gasteiger partial charge in [0.05, 0.1) is 23.6 Å². The highest BCUT2D eigenvalue weighted by molar-refractivity contribution is 5.84. The predicted molar refractivity (Wildman–Crippen MR) is 81.6 cm³/mol. The average Bonchev–Trinajstić information content (AvgIpc) is 2.62. The van der Waals surface area contributed by atoms with E-state index in [2.05, 4.69) is 10.4 Å². The molecule has 0 aliphatic carbocycles. The molecule has 0 bridgehead atoms. The lowest BCUT2D eigenvalue weighted by Gasteiger charge is -2.21. The molecule has 118 valence electrons. The first kappa shape index (κ1) is 17.0. The van der Waals surface area contributed by atoms with Crippen LogP contribution in [0.2, 0.25) is 0 Å². The molecule has 7 heteroatoms. The van der Waals surface area contributed by atoms with Gasteiger partial charge in [0.2, 0.25) is 11.8 Å². The Kier molecular flexibility index (Phi) is 5.75. The summed E-state index contributed by atoms with van der Waals surface area (Å²) < 4.78 is 1.58. The minimum atomic E-state index is -0.159. The molecule has 1 rings (SSSR count). The third-order valence-electron chi connectivity index (χ3n) is 3.24. The summed E-state index contributed by atoms with van der Waals surface area (Å²) in [6, 6.07) is 0.0575. The van der Waals surface area contributed by atoms with Gasteiger partial charge in [-0.3, -0.25) is 14.3 Å². The molecule has 0 aromatic carbocycles. The smallest absolute Gasteiger partial charge is 0.244 e. The van der Waals surface area contributed by atoms with Crippen LogP contribution in [0.15, 0.2) is 0 Å². The number of carbonyl (C=O) groups is 2. The standard InChI is InChI=1S/C14H25N5O2/c1-6-18(7-12(20)16-9(2)3)13(21)8-19-11(5)14(15)10(4)17-19/h9H,6-8,15H2,1-5H3,(H,16,20). The molecule has 0 atom stereocenters. The Morgan fingerprint density at radius 3 is 2.43 bits per heavy atom. The number of aromatic nitrogens is 2. The molecule has 0 unspecified atom stereocenters. The lowest BCUT2D eigenvalue weighted by atomic mass is 10.3. The van der Waals surface area contributed by atoms with Crippen molar-refractivity contribution in [3.05, 3.63) is 11.4 Å². The molecule has 1 aromatic rings. The van der Waals surface area contributed by atoms with Crippen LogP contribution < -0.4 is 11.1 Å². The van der Waals surface area contributed by atoms with Crippen LogP contribution in [0.3, 0.4) is 0 Å². The fourth-order valence-electron chi connectivity index (χ4n) is 2.01. The first-order valence-corrected chi connectivity index (χ1v) is 7.12. The zero-order chi connectivity index (χ0) is 16.2. The highest BCUT2D eigenvalue weighted by Crippen LogP contribution is 2.14. The van der Waals surface area contributed by atoms with Gasteiger partial charge in [0.25, 0.3) is 0 Å². The molecule has 0 aliphatic rings. The van der Waals surface area contributed by atoms with Crippen LogP contribution in [0.5, 0.6) is 0 Å². The van der Waals surface area contributed by atoms with Gasteiger partial charge in [-0.25, -0.2) is 0 Å². The second-order valence-corrected chi connectivity index (χ2v) is 5.37. The maximum absolute atomic E-state index is 12.3. The van der Waals surface area contributed by atoms with Crippen LogP contribution in [0.1, 0.15) is 32.2 Å². The summed E-state index contributed by atoms with van der Waals surface area (Å²) in [5, 5.41) is 7.01. The summed E-state index contributed by atoms with van der Waals surface area (Å²) in [6.45, 7) is 9.86. The fraction of sp³-hybridized carbons (Fsp3) is 0.643. The van der Waals surface area contributed by atoms with Crippen molar-refractivity contribution < 1.29 is 9.59 Å². The van der Waals surface area contributed by atoms with E-state index in [1.54, 1.807) is 11.6 Å². The molecule has 0 saturated heterocycles. The molecule has 1 aromatic heterocycles. The molecular formula is C14H25N5O2. The van der Waals surface area contributed by atoms with Gasteiger partial charge in [-0.2, -0.15) is 5.10 Å². The van der Waals surface area contributed by atoms with Crippen LogP contribution in [0, 0.1) is 13.8 Å². The third-order valence-corrected chi connectivity index (χ3v) is 3.24. The molecule has 0 spiro atoms. The number of nitrogens with one attached hydrogen (secondary N) is 1. The number of hydrogen-bond donors (Lipinski definition) is 2. The van der Waals surface area contributed by atoms with E-state index in [4.69, 9.17) is 5.73 Å². The van der Waals surface area contributed by atoms with Gasteiger partial charge in [-0.05, 0) is 34.6 Å². The highest BCUT2D eigenvalue weighted by atomic mass is 16.2. The minimum Gasteiger partial charge on any atom is -0.396 e. The quantitative estimate of drug-likeness (QED) is 0.797. The first-order chi connectivity index (χ1) is 9.76. The van der Waals surface area contributed by atoms with Crippen molar-refractivity contribution in [1.82, 2.24) is 20.0 Å². The van der Waals surface area contributed by atoms with Crippen LogP contribution in [0.25, 0.3) is 0 Å². The fourth-order valence-corrected chi connectivity index (χ4v) is 2.01. The lowest BCUT2D eigenvalue weighted by Crippen LogP contribution is -2.43. The van der Waals surface area contributed by atoms with Crippen LogP contribution >= 0.6 is 0 Å². The molecule has 0 radical (unpaired) electrons. The molecule has 7 nitrogen and oxygen atoms in total. The second kappa shape index (κ2) is 7.10. The van der Waals surface area contributed by atoms with E-state index in [9.17, 15) is 9.59 Å². The van der Waals surface area contributed by atoms with Gasteiger partial charge in [-0.15, -0.1) is 0 Å². The number of likely N-dealkylation sites (N-methyl/N-ethyl adjacent to an activating group) is 1. The molecular weight excluding hydrogens is 270 g/mol. The Morgan fingerprint density at radius 1 is 1.38 bits per heavy atom. The summed E-state index contributed by atoms with van der Waals surface area (Å²) in [5.74, 6) is -0.310. The summed E-state index contributed by atoms with van der Waals surface area (Å²) >= 11 is 0. The molecule has 0 saturated carbocycles. The van der Waals surface area contributed by atoms with Gasteiger partial charge in [-0.1, -0.05) is 0 Å². The molecule has 21 heavy (non-hydrogen) atoms. The van der Waals surface area contributed by atoms with Crippen molar-refractivity contribution in [3.8, 4) is 0 Å². The predicted octanol–water partition coefficient (Wildman–Crippen LogP) is 0.455. The second-order valence-electron chi connectivity index (χ2n) is 5.37. The van der Waals surface area contributed by atoms with E-state index in [1.165, 1.54) is 4.90 Å². The lowest BCUT2D eigenvalue weighted by molar-refractivity contribution is -0.136. The van der Waals surface area contributed by atoms with Gasteiger partial charge >= 0.3 is 0 Å². The van der Waals surface area contributed by atoms with Crippen molar-refractivity contribution in [2.24, 2.45) is 0 Å². The highest BCUT2D eigenvalue weighted by Gasteiger charge is 2.18. The van der Waals surface area contributed by atoms with Crippen molar-refractivity contribution in [3.63, 3.8) is 0 Å². The Bertz CT molecular complexity index is 522. The van der Waals surface area contributed by atoms with E-state index < -0.39 is 0 Å². The number of nitrogens with two attached hydrogens (primary N) is 1. The van der Waals surface area contributed by atoms with Gasteiger partial charge in [0, 0.05) is 12.6 Å². The number of nitrogens with zero attached hydrogens (tertiary/aromatic N) is 3. The Labute approximate surface area is 125 Å². The van der Waals surface area contributed by atoms with Crippen LogP contribution in [-0.4, -0.2) is 45.6 Å². The largest absolute Gasteiger partial charge is 0.396 e. The zero-order valence-corrected chi connectivity index (χ0v) is 13.4. The van der Waals surface area contributed by atoms with Crippen molar-refractivity contribution in [2.75, 3.05) is 18.8 Å². The van der Waals surface area contributed by atoms with E-state index in [0.29, 0.717) is 17.9 Å². The zero-order valence-electron chi connectivity index (χ0n) is 13.4. The topological polar surface area (TPSA) is 93.2 Å². The van der Waals surface area contributed by atoms with E-state index in [-0.39, 0.29) is 30.9 Å². The number of anilines is 1. The summed E-state index contributed by atoms with van der Waals surface area (Å²) in [4.78, 5) is 25.5. The molecule has 1 heterocycles. The number of nitrogen functional groups attached to an aromatic ring is 1. The Balaban J connectivity index is 2.71. The van der Waals surface area contributed by atoms with Crippen LogP contribution in [-0.2, 0) is 16.1 Å². The van der Waals surface area contributed by atoms with E-state index in [1.807, 2.05) is 27.7 Å². The average molecular weight is 295 g/mol. The number of aryl methyl sites for hydroxylation is 1. The van der Waals surface area contributed by atoms with E-state index in [0.717, 1.165) is 5.69 Å². The third kappa shape index (κ3) is 4.47. The maximum atomic E-state index is 12.3. The summed E-state index contributed by atoms with van der Waals surface area (Å²) in [5.41, 5.74) is 7.93. The molecule has 2 amide bonds. The number of amides is 2. The van der Waals surface area contributed by atoms with E-state index >= 15 is 0 Å². The van der Waals surface area contributed by atoms with Crippen molar-refractivity contribution in [1.29, 1.82) is 0 Å². The number of carbonyl (C=O) groups excluding carboxylic acids is 2. The Hall–Kier alpha value is -2.05. The first-order valence-electron chi connectivity index (χ1n) is 7.12. The van der Waals surface area contributed by atoms with Gasteiger partial charge < -0.3 is 16.0 Å². The Morgan fingerprint density at radius 2 is 2.00 bits per heavy atom. The number of rotatable bonds is 6. The monoisotopic (exact) mass is 295 g/mol. The summed E-state index contributed by atoms with van der Waals surface area (Å²) in [6.07, 6.45) is 0. The molecule has 0 aliphatic heterocycles. The molecule has 3 N–H and O–H groups in total. The van der Waals surface area contributed by atoms with Crippen molar-refractivity contribution >= 4 is 17.5 Å². The maximum Gasteiger partial charge on any atom is 0.244 e. The van der Waals surface area contributed by atoms with Crippen LogP contribution in [0.4, 0.5) is 5.69 Å². The summed E-state index contributed by atoms with van der Waals surface area (Å²) in [7, 11) is 0. The van der Waals surface area contributed by atoms with Crippen molar-refractivity contribution in [2.45, 2.75) is 47.2 Å². The SMILES string of the molecule is CCN(CC(=O)NC(C)C)C(=O)Cn1nc(C)c(N)c1C. The molecule has 0 fully saturated rings. The van der Waals surface area contributed by atoms with Gasteiger partial charge in [0.15, 0.2) is 0 Å².